The molecule has 1 aliphatic heterocycles. The number of likely N-dealkylation sites (tertiary alicyclic amines) is 1. The average Bonchev–Trinajstić information content (AvgIpc) is 3.39. The molecule has 144 valence electrons. The van der Waals surface area contributed by atoms with Crippen molar-refractivity contribution in [3.8, 4) is 11.3 Å². The number of nitrogens with one attached hydrogen (secondary N) is 1. The van der Waals surface area contributed by atoms with Crippen LogP contribution in [-0.2, 0) is 6.54 Å². The molecule has 5 nitrogen and oxygen atoms in total. The zero-order chi connectivity index (χ0) is 19.1. The number of hydrogen-bond acceptors (Lipinski definition) is 5. The summed E-state index contributed by atoms with van der Waals surface area (Å²) in [6, 6.07) is 18.6. The van der Waals surface area contributed by atoms with E-state index in [-0.39, 0.29) is 0 Å². The number of aryl methyl sites for hydroxylation is 2. The molecule has 3 atom stereocenters. The van der Waals surface area contributed by atoms with Gasteiger partial charge in [-0.2, -0.15) is 0 Å². The molecule has 1 saturated carbocycles. The normalized spacial score (nSPS) is 24.0. The van der Waals surface area contributed by atoms with Crippen molar-refractivity contribution in [3.05, 3.63) is 65.4 Å². The number of benzene rings is 2. The van der Waals surface area contributed by atoms with Gasteiger partial charge in [-0.05, 0) is 55.5 Å². The predicted molar refractivity (Wildman–Crippen MR) is 110 cm³/mol. The van der Waals surface area contributed by atoms with Crippen molar-refractivity contribution in [1.82, 2.24) is 15.2 Å². The summed E-state index contributed by atoms with van der Waals surface area (Å²) in [5.41, 5.74) is 6.60. The molecule has 0 spiro atoms. The molecule has 0 radical (unpaired) electrons. The lowest BCUT2D eigenvalue weighted by Gasteiger charge is -2.27. The van der Waals surface area contributed by atoms with Crippen molar-refractivity contribution in [2.75, 3.05) is 11.9 Å². The number of aromatic nitrogens is 2. The van der Waals surface area contributed by atoms with Crippen LogP contribution in [0.25, 0.3) is 11.3 Å². The molecule has 5 heteroatoms. The van der Waals surface area contributed by atoms with Crippen molar-refractivity contribution in [3.63, 3.8) is 0 Å². The lowest BCUT2D eigenvalue weighted by molar-refractivity contribution is 0.204. The minimum Gasteiger partial charge on any atom is -0.380 e. The maximum absolute atomic E-state index is 4.82. The maximum atomic E-state index is 4.82. The summed E-state index contributed by atoms with van der Waals surface area (Å²) in [4.78, 5) is 2.66. The minimum absolute atomic E-state index is 0.534. The van der Waals surface area contributed by atoms with E-state index in [0.717, 1.165) is 29.4 Å². The summed E-state index contributed by atoms with van der Waals surface area (Å²) < 4.78 is 4.82. The van der Waals surface area contributed by atoms with Crippen LogP contribution in [0, 0.1) is 19.8 Å². The smallest absolute Gasteiger partial charge is 0.137 e. The molecule has 2 aliphatic rings. The van der Waals surface area contributed by atoms with Crippen molar-refractivity contribution < 1.29 is 4.63 Å². The van der Waals surface area contributed by atoms with E-state index in [9.17, 15) is 0 Å². The van der Waals surface area contributed by atoms with Gasteiger partial charge in [-0.15, -0.1) is 0 Å². The summed E-state index contributed by atoms with van der Waals surface area (Å²) in [7, 11) is 0. The first kappa shape index (κ1) is 17.4. The third kappa shape index (κ3) is 3.20. The molecule has 2 fully saturated rings. The molecule has 1 aliphatic carbocycles. The average molecular weight is 374 g/mol. The third-order valence-electron chi connectivity index (χ3n) is 6.34. The van der Waals surface area contributed by atoms with Gasteiger partial charge in [0.2, 0.25) is 0 Å². The first-order valence-corrected chi connectivity index (χ1v) is 10.1. The van der Waals surface area contributed by atoms with Crippen LogP contribution in [0.4, 0.5) is 5.69 Å². The second-order valence-corrected chi connectivity index (χ2v) is 8.27. The molecule has 2 aromatic carbocycles. The Kier molecular flexibility index (Phi) is 4.40. The van der Waals surface area contributed by atoms with Crippen molar-refractivity contribution in [1.29, 1.82) is 0 Å². The summed E-state index contributed by atoms with van der Waals surface area (Å²) in [5.74, 6) is 0.733. The fourth-order valence-corrected chi connectivity index (χ4v) is 4.84. The lowest BCUT2D eigenvalue weighted by atomic mass is 10.1. The van der Waals surface area contributed by atoms with Gasteiger partial charge >= 0.3 is 0 Å². The van der Waals surface area contributed by atoms with Crippen LogP contribution in [0.2, 0.25) is 0 Å². The van der Waals surface area contributed by atoms with E-state index < -0.39 is 0 Å². The summed E-state index contributed by atoms with van der Waals surface area (Å²) >= 11 is 0. The van der Waals surface area contributed by atoms with Gasteiger partial charge in [0, 0.05) is 36.4 Å². The van der Waals surface area contributed by atoms with Crippen LogP contribution in [-0.4, -0.2) is 33.8 Å². The topological polar surface area (TPSA) is 54.2 Å². The molecule has 2 bridgehead atoms. The molecule has 2 heterocycles. The number of anilines is 1. The summed E-state index contributed by atoms with van der Waals surface area (Å²) in [5, 5.41) is 11.7. The highest BCUT2D eigenvalue weighted by molar-refractivity contribution is 5.64. The van der Waals surface area contributed by atoms with Crippen molar-refractivity contribution >= 4 is 5.69 Å². The van der Waals surface area contributed by atoms with Crippen molar-refractivity contribution in [2.45, 2.75) is 45.3 Å². The minimum atomic E-state index is 0.534. The van der Waals surface area contributed by atoms with E-state index in [4.69, 9.17) is 4.63 Å². The van der Waals surface area contributed by atoms with Gasteiger partial charge in [-0.25, -0.2) is 4.63 Å². The monoisotopic (exact) mass is 374 g/mol. The highest BCUT2D eigenvalue weighted by atomic mass is 16.6. The Bertz CT molecular complexity index is 947. The van der Waals surface area contributed by atoms with E-state index in [0.29, 0.717) is 12.1 Å². The Hall–Kier alpha value is -2.66. The molecule has 3 aromatic rings. The van der Waals surface area contributed by atoms with Crippen LogP contribution < -0.4 is 5.32 Å². The number of fused-ring (bicyclic) bond motifs is 2. The lowest BCUT2D eigenvalue weighted by Crippen LogP contribution is -2.36. The molecular weight excluding hydrogens is 348 g/mol. The molecule has 1 N–H and O–H groups in total. The Morgan fingerprint density at radius 1 is 1.00 bits per heavy atom. The number of hydrogen-bond donors (Lipinski definition) is 1. The Morgan fingerprint density at radius 3 is 2.50 bits per heavy atom. The largest absolute Gasteiger partial charge is 0.380 e. The fraction of sp³-hybridized carbons (Fsp3) is 0.391. The molecular formula is C23H26N4O. The van der Waals surface area contributed by atoms with Gasteiger partial charge in [-0.3, -0.25) is 4.90 Å². The van der Waals surface area contributed by atoms with E-state index >= 15 is 0 Å². The van der Waals surface area contributed by atoms with Crippen LogP contribution in [0.3, 0.4) is 0 Å². The Labute approximate surface area is 165 Å². The van der Waals surface area contributed by atoms with Gasteiger partial charge in [0.05, 0.1) is 0 Å². The maximum Gasteiger partial charge on any atom is 0.137 e. The zero-order valence-corrected chi connectivity index (χ0v) is 16.4. The molecule has 28 heavy (non-hydrogen) atoms. The second-order valence-electron chi connectivity index (χ2n) is 8.27. The van der Waals surface area contributed by atoms with Gasteiger partial charge < -0.3 is 5.32 Å². The first-order valence-electron chi connectivity index (χ1n) is 10.1. The third-order valence-corrected chi connectivity index (χ3v) is 6.34. The van der Waals surface area contributed by atoms with Crippen molar-refractivity contribution in [2.24, 2.45) is 5.92 Å². The van der Waals surface area contributed by atoms with E-state index in [2.05, 4.69) is 76.0 Å². The van der Waals surface area contributed by atoms with E-state index in [1.807, 2.05) is 6.92 Å². The zero-order valence-electron chi connectivity index (χ0n) is 16.4. The fourth-order valence-electron chi connectivity index (χ4n) is 4.84. The van der Waals surface area contributed by atoms with Crippen LogP contribution in [0.1, 0.15) is 29.7 Å². The summed E-state index contributed by atoms with van der Waals surface area (Å²) in [6.45, 7) is 6.30. The van der Waals surface area contributed by atoms with E-state index in [1.165, 1.54) is 36.2 Å². The molecule has 1 saturated heterocycles. The second kappa shape index (κ2) is 7.06. The van der Waals surface area contributed by atoms with Crippen LogP contribution in [0.15, 0.2) is 53.2 Å². The number of rotatable bonds is 5. The highest BCUT2D eigenvalue weighted by Gasteiger charge is 2.46. The molecule has 0 amide bonds. The first-order chi connectivity index (χ1) is 13.7. The highest BCUT2D eigenvalue weighted by Crippen LogP contribution is 2.40. The number of piperidine rings is 1. The van der Waals surface area contributed by atoms with E-state index in [1.54, 1.807) is 0 Å². The molecule has 3 unspecified atom stereocenters. The molecule has 5 rings (SSSR count). The van der Waals surface area contributed by atoms with Crippen LogP contribution in [0.5, 0.6) is 0 Å². The SMILES string of the molecule is Cc1ccc(CN2CC3CCC2C3Nc2ccc(-c3nonc3C)cc2)cc1. The van der Waals surface area contributed by atoms with Gasteiger partial charge in [0.15, 0.2) is 0 Å². The van der Waals surface area contributed by atoms with Gasteiger partial charge in [-0.1, -0.05) is 47.1 Å². The predicted octanol–water partition coefficient (Wildman–Crippen LogP) is 4.43. The number of nitrogens with zero attached hydrogens (tertiary/aromatic N) is 3. The van der Waals surface area contributed by atoms with Gasteiger partial charge in [0.25, 0.3) is 0 Å². The quantitative estimate of drug-likeness (QED) is 0.716. The summed E-state index contributed by atoms with van der Waals surface area (Å²) in [6.07, 6.45) is 2.62. The molecule has 1 aromatic heterocycles. The Balaban J connectivity index is 1.27. The van der Waals surface area contributed by atoms with Crippen LogP contribution >= 0.6 is 0 Å². The van der Waals surface area contributed by atoms with Gasteiger partial charge in [0.1, 0.15) is 11.4 Å². The Morgan fingerprint density at radius 2 is 1.79 bits per heavy atom. The standard InChI is InChI=1S/C23H26N4O/c1-15-3-5-17(6-4-15)13-27-14-19-9-12-21(27)23(19)24-20-10-7-18(8-11-20)22-16(2)25-28-26-22/h3-8,10-11,19,21,23-24H,9,12-14H2,1-2H3.